The SMILES string of the molecule is CCCN=c1ccc2nc3c(Cl)c4c(c(Cl)c3oc-2c1S(=O)(=O)CCC)Nc1ccc(NCCOSOOO)c(S(=O)(=O)CCOS(=O)(=O)O)c1O4. The highest BCUT2D eigenvalue weighted by molar-refractivity contribution is 7.92. The molecule has 0 saturated heterocycles. The Hall–Kier alpha value is -3.00. The predicted molar refractivity (Wildman–Crippen MR) is 190 cm³/mol. The van der Waals surface area contributed by atoms with Gasteiger partial charge in [-0.3, -0.25) is 13.7 Å². The largest absolute Gasteiger partial charge is 0.450 e. The van der Waals surface area contributed by atoms with Crippen LogP contribution in [-0.4, -0.2) is 77.9 Å². The van der Waals surface area contributed by atoms with Gasteiger partial charge in [0.2, 0.25) is 0 Å². The highest BCUT2D eigenvalue weighted by atomic mass is 35.5. The van der Waals surface area contributed by atoms with E-state index in [-0.39, 0.29) is 90.3 Å². The third kappa shape index (κ3) is 8.69. The maximum absolute atomic E-state index is 13.7. The summed E-state index contributed by atoms with van der Waals surface area (Å²) >= 11 is 14.0. The number of ether oxygens (including phenoxy) is 1. The van der Waals surface area contributed by atoms with Gasteiger partial charge in [0.25, 0.3) is 0 Å². The lowest BCUT2D eigenvalue weighted by Gasteiger charge is -2.27. The van der Waals surface area contributed by atoms with Crippen molar-refractivity contribution in [1.82, 2.24) is 4.98 Å². The summed E-state index contributed by atoms with van der Waals surface area (Å²) in [6.07, 6.45) is 1.00. The molecule has 52 heavy (non-hydrogen) atoms. The Morgan fingerprint density at radius 1 is 0.962 bits per heavy atom. The zero-order valence-corrected chi connectivity index (χ0v) is 31.8. The monoisotopic (exact) mass is 844 g/mol. The lowest BCUT2D eigenvalue weighted by atomic mass is 10.1. The summed E-state index contributed by atoms with van der Waals surface area (Å²) in [4.78, 5) is 8.43. The number of nitrogens with one attached hydrogen (secondary N) is 2. The molecule has 2 aromatic carbocycles. The number of hydrogen-bond acceptors (Lipinski definition) is 18. The smallest absolute Gasteiger partial charge is 0.397 e. The van der Waals surface area contributed by atoms with E-state index in [2.05, 4.69) is 34.2 Å². The molecule has 0 aromatic heterocycles. The van der Waals surface area contributed by atoms with E-state index in [1.165, 1.54) is 24.3 Å². The number of nitrogens with zero attached hydrogens (tertiary/aromatic N) is 2. The Morgan fingerprint density at radius 3 is 2.40 bits per heavy atom. The fraction of sp³-hybridized carbons (Fsp3) is 0.357. The molecule has 3 aliphatic rings. The van der Waals surface area contributed by atoms with Crippen molar-refractivity contribution >= 4 is 93.8 Å². The molecule has 0 saturated carbocycles. The first-order valence-electron chi connectivity index (χ1n) is 15.1. The summed E-state index contributed by atoms with van der Waals surface area (Å²) in [6, 6.07) is 5.87. The molecule has 0 amide bonds. The fourth-order valence-corrected chi connectivity index (χ4v) is 9.28. The van der Waals surface area contributed by atoms with Crippen LogP contribution in [0.2, 0.25) is 10.0 Å². The highest BCUT2D eigenvalue weighted by Crippen LogP contribution is 2.55. The minimum absolute atomic E-state index is 0.0176. The summed E-state index contributed by atoms with van der Waals surface area (Å²) < 4.78 is 111. The van der Waals surface area contributed by atoms with Crippen LogP contribution in [0.4, 0.5) is 17.1 Å². The molecule has 284 valence electrons. The first-order valence-corrected chi connectivity index (χ1v) is 21.2. The number of benzene rings is 3. The molecule has 2 aliphatic heterocycles. The van der Waals surface area contributed by atoms with Crippen molar-refractivity contribution in [1.29, 1.82) is 0 Å². The van der Waals surface area contributed by atoms with Crippen LogP contribution in [0.1, 0.15) is 26.7 Å². The maximum Gasteiger partial charge on any atom is 0.397 e. The Kier molecular flexibility index (Phi) is 12.8. The van der Waals surface area contributed by atoms with Gasteiger partial charge in [0, 0.05) is 13.1 Å². The molecule has 0 bridgehead atoms. The van der Waals surface area contributed by atoms with Crippen LogP contribution in [0.25, 0.3) is 22.6 Å². The number of fused-ring (bicyclic) bond motifs is 4. The molecule has 2 aromatic rings. The first-order chi connectivity index (χ1) is 24.6. The molecule has 0 atom stereocenters. The van der Waals surface area contributed by atoms with E-state index in [9.17, 15) is 25.3 Å². The molecule has 1 aliphatic carbocycles. The van der Waals surface area contributed by atoms with Gasteiger partial charge in [-0.15, -0.1) is 4.33 Å². The average molecular weight is 846 g/mol. The lowest BCUT2D eigenvalue weighted by molar-refractivity contribution is -0.434. The highest BCUT2D eigenvalue weighted by Gasteiger charge is 2.35. The van der Waals surface area contributed by atoms with Crippen molar-refractivity contribution in [3.8, 4) is 23.0 Å². The molecule has 24 heteroatoms. The van der Waals surface area contributed by atoms with Gasteiger partial charge in [0.15, 0.2) is 54.8 Å². The topological polar surface area (TPSA) is 251 Å². The first kappa shape index (κ1) is 40.2. The van der Waals surface area contributed by atoms with E-state index in [1.54, 1.807) is 6.92 Å². The molecule has 0 radical (unpaired) electrons. The van der Waals surface area contributed by atoms with Crippen LogP contribution < -0.4 is 20.7 Å². The number of rotatable bonds is 17. The number of anilines is 3. The van der Waals surface area contributed by atoms with Crippen molar-refractivity contribution in [2.75, 3.05) is 48.4 Å². The van der Waals surface area contributed by atoms with Gasteiger partial charge in [-0.05, 0) is 37.1 Å². The van der Waals surface area contributed by atoms with Crippen LogP contribution in [0.3, 0.4) is 0 Å². The van der Waals surface area contributed by atoms with E-state index in [0.717, 1.165) is 0 Å². The number of halogens is 2. The molecule has 0 fully saturated rings. The zero-order chi connectivity index (χ0) is 37.8. The van der Waals surface area contributed by atoms with Gasteiger partial charge < -0.3 is 19.8 Å². The molecule has 0 unspecified atom stereocenters. The second-order valence-corrected chi connectivity index (χ2v) is 17.2. The fourth-order valence-electron chi connectivity index (χ4n) is 5.11. The van der Waals surface area contributed by atoms with E-state index < -0.39 is 47.3 Å². The quantitative estimate of drug-likeness (QED) is 0.0222. The van der Waals surface area contributed by atoms with Crippen molar-refractivity contribution in [2.45, 2.75) is 36.5 Å². The van der Waals surface area contributed by atoms with Gasteiger partial charge in [-0.25, -0.2) is 31.3 Å². The lowest BCUT2D eigenvalue weighted by Crippen LogP contribution is -2.21. The minimum atomic E-state index is -4.96. The Bertz CT molecular complexity index is 2360. The van der Waals surface area contributed by atoms with Crippen molar-refractivity contribution in [3.63, 3.8) is 0 Å². The molecular weight excluding hydrogens is 815 g/mol. The molecule has 5 rings (SSSR count). The summed E-state index contributed by atoms with van der Waals surface area (Å²) in [5, 5.41) is 17.4. The number of sulfone groups is 2. The predicted octanol–water partition coefficient (Wildman–Crippen LogP) is 5.59. The molecule has 4 N–H and O–H groups in total. The van der Waals surface area contributed by atoms with Gasteiger partial charge in [-0.1, -0.05) is 42.1 Å². The Morgan fingerprint density at radius 2 is 1.71 bits per heavy atom. The standard InChI is InChI=1S/C28H30Cl2N4O14S4/c1-3-9-31-17-7-5-15-23(27(17)50(36,37)13-4-2)45-25-19(29)22-26(20(30)21(25)33-15)46-24-16(34-22)6-8-18(32-10-11-43-49-48-47-35)28(24)51(38,39)14-12-44-52(40,41)42/h5-8,32,34-35H,3-4,9-14H2,1-2H3,(H,40,41,42). The number of hydrogen-bond donors (Lipinski definition) is 4. The van der Waals surface area contributed by atoms with Gasteiger partial charge in [0.05, 0.1) is 41.5 Å². The second-order valence-electron chi connectivity index (χ2n) is 10.8. The maximum atomic E-state index is 13.7. The normalized spacial score (nSPS) is 13.5. The minimum Gasteiger partial charge on any atom is -0.450 e. The van der Waals surface area contributed by atoms with Crippen molar-refractivity contribution < 1.29 is 62.0 Å². The van der Waals surface area contributed by atoms with Crippen LogP contribution in [-0.2, 0) is 47.8 Å². The van der Waals surface area contributed by atoms with E-state index in [1.807, 2.05) is 6.92 Å². The summed E-state index contributed by atoms with van der Waals surface area (Å²) in [7, 11) is -13.3. The van der Waals surface area contributed by atoms with Crippen LogP contribution >= 0.6 is 35.5 Å². The Balaban J connectivity index is 1.66. The third-order valence-corrected chi connectivity index (χ3v) is 12.4. The van der Waals surface area contributed by atoms with Gasteiger partial charge in [-0.2, -0.15) is 8.42 Å². The van der Waals surface area contributed by atoms with Gasteiger partial charge in [0.1, 0.15) is 36.7 Å². The summed E-state index contributed by atoms with van der Waals surface area (Å²) in [6.45, 7) is 2.95. The number of aromatic nitrogens is 1. The van der Waals surface area contributed by atoms with Crippen LogP contribution in [0, 0.1) is 0 Å². The summed E-state index contributed by atoms with van der Waals surface area (Å²) in [5.41, 5.74) is 0.0760. The van der Waals surface area contributed by atoms with E-state index >= 15 is 0 Å². The van der Waals surface area contributed by atoms with E-state index in [0.29, 0.717) is 31.7 Å². The zero-order valence-electron chi connectivity index (χ0n) is 27.0. The third-order valence-electron chi connectivity index (χ3n) is 7.14. The molecular formula is C28H30Cl2N4O14S4. The summed E-state index contributed by atoms with van der Waals surface area (Å²) in [5.74, 6) is -1.62. The van der Waals surface area contributed by atoms with E-state index in [4.69, 9.17) is 46.3 Å². The molecule has 2 heterocycles. The average Bonchev–Trinajstić information content (AvgIpc) is 3.08. The van der Waals surface area contributed by atoms with Crippen LogP contribution in [0.5, 0.6) is 11.5 Å². The van der Waals surface area contributed by atoms with Crippen LogP contribution in [0.15, 0.2) is 43.5 Å². The second kappa shape index (κ2) is 16.6. The van der Waals surface area contributed by atoms with Gasteiger partial charge >= 0.3 is 10.4 Å². The Labute approximate surface area is 311 Å². The van der Waals surface area contributed by atoms with Crippen molar-refractivity contribution in [2.24, 2.45) is 4.99 Å². The molecule has 0 spiro atoms. The molecule has 18 nitrogen and oxygen atoms in total. The van der Waals surface area contributed by atoms with Crippen molar-refractivity contribution in [3.05, 3.63) is 39.7 Å².